The predicted octanol–water partition coefficient (Wildman–Crippen LogP) is 1.58. The van der Waals surface area contributed by atoms with Crippen molar-refractivity contribution in [1.29, 1.82) is 0 Å². The lowest BCUT2D eigenvalue weighted by molar-refractivity contribution is -0.153. The normalized spacial score (nSPS) is 22.3. The first-order valence-electron chi connectivity index (χ1n) is 6.66. The zero-order valence-corrected chi connectivity index (χ0v) is 11.8. The summed E-state index contributed by atoms with van der Waals surface area (Å²) in [7, 11) is 1.79. The molecular formula is C15H22N2O2. The molecule has 0 aliphatic carbocycles. The smallest absolute Gasteiger partial charge is 0.237 e. The van der Waals surface area contributed by atoms with Gasteiger partial charge in [-0.2, -0.15) is 0 Å². The molecule has 1 aliphatic rings. The Hall–Kier alpha value is -1.39. The Morgan fingerprint density at radius 2 is 2.11 bits per heavy atom. The number of carbonyl (C=O) groups is 1. The van der Waals surface area contributed by atoms with Crippen LogP contribution in [0.5, 0.6) is 0 Å². The molecular weight excluding hydrogens is 240 g/mol. The van der Waals surface area contributed by atoms with Gasteiger partial charge >= 0.3 is 0 Å². The fourth-order valence-corrected chi connectivity index (χ4v) is 2.40. The molecule has 1 amide bonds. The summed E-state index contributed by atoms with van der Waals surface area (Å²) in [4.78, 5) is 14.1. The second-order valence-electron chi connectivity index (χ2n) is 5.56. The molecule has 0 unspecified atom stereocenters. The van der Waals surface area contributed by atoms with Crippen LogP contribution >= 0.6 is 0 Å². The van der Waals surface area contributed by atoms with Crippen LogP contribution in [0.3, 0.4) is 0 Å². The summed E-state index contributed by atoms with van der Waals surface area (Å²) in [6, 6.07) is 10.1. The van der Waals surface area contributed by atoms with Crippen LogP contribution in [-0.2, 0) is 9.53 Å². The second-order valence-corrected chi connectivity index (χ2v) is 5.56. The van der Waals surface area contributed by atoms with Crippen LogP contribution in [-0.4, -0.2) is 43.1 Å². The molecule has 19 heavy (non-hydrogen) atoms. The van der Waals surface area contributed by atoms with Crippen LogP contribution in [0.4, 0.5) is 0 Å². The van der Waals surface area contributed by atoms with E-state index < -0.39 is 0 Å². The number of hydrogen-bond donors (Lipinski definition) is 1. The minimum absolute atomic E-state index is 0.0324. The van der Waals surface area contributed by atoms with Gasteiger partial charge in [0.25, 0.3) is 0 Å². The average Bonchev–Trinajstić information content (AvgIpc) is 2.39. The quantitative estimate of drug-likeness (QED) is 0.899. The maximum atomic E-state index is 12.2. The fourth-order valence-electron chi connectivity index (χ4n) is 2.40. The molecule has 1 aliphatic heterocycles. The monoisotopic (exact) mass is 262 g/mol. The maximum absolute atomic E-state index is 12.2. The lowest BCUT2D eigenvalue weighted by atomic mass is 9.98. The third-order valence-electron chi connectivity index (χ3n) is 3.52. The van der Waals surface area contributed by atoms with E-state index in [2.05, 4.69) is 5.32 Å². The summed E-state index contributed by atoms with van der Waals surface area (Å²) in [5, 5.41) is 2.93. The molecule has 4 heteroatoms. The van der Waals surface area contributed by atoms with Crippen molar-refractivity contribution in [3.63, 3.8) is 0 Å². The molecule has 0 radical (unpaired) electrons. The van der Waals surface area contributed by atoms with E-state index in [4.69, 9.17) is 4.74 Å². The Labute approximate surface area is 114 Å². The number of ether oxygens (including phenoxy) is 1. The minimum atomic E-state index is -0.251. The van der Waals surface area contributed by atoms with E-state index >= 15 is 0 Å². The lowest BCUT2D eigenvalue weighted by Crippen LogP contribution is -2.57. The Morgan fingerprint density at radius 3 is 2.74 bits per heavy atom. The molecule has 1 aromatic rings. The standard InChI is InChI=1S/C15H22N2O2/c1-15(2)11-19-13(12-7-5-4-6-8-12)10-17(15)14(18)9-16-3/h4-8,13,16H,9-11H2,1-3H3/t13-/m0/s1. The van der Waals surface area contributed by atoms with Crippen molar-refractivity contribution in [3.8, 4) is 0 Å². The molecule has 0 aromatic heterocycles. The van der Waals surface area contributed by atoms with Gasteiger partial charge in [0, 0.05) is 0 Å². The van der Waals surface area contributed by atoms with E-state index in [0.717, 1.165) is 5.56 Å². The van der Waals surface area contributed by atoms with Crippen LogP contribution in [0.15, 0.2) is 30.3 Å². The summed E-state index contributed by atoms with van der Waals surface area (Å²) >= 11 is 0. The van der Waals surface area contributed by atoms with E-state index in [-0.39, 0.29) is 17.6 Å². The molecule has 1 N–H and O–H groups in total. The van der Waals surface area contributed by atoms with Crippen molar-refractivity contribution < 1.29 is 9.53 Å². The highest BCUT2D eigenvalue weighted by atomic mass is 16.5. The zero-order chi connectivity index (χ0) is 13.9. The SMILES string of the molecule is CNCC(=O)N1C[C@@H](c2ccccc2)OCC1(C)C. The maximum Gasteiger partial charge on any atom is 0.237 e. The third-order valence-corrected chi connectivity index (χ3v) is 3.52. The molecule has 104 valence electrons. The number of nitrogens with one attached hydrogen (secondary N) is 1. The molecule has 2 rings (SSSR count). The summed E-state index contributed by atoms with van der Waals surface area (Å²) in [6.45, 7) is 5.62. The third kappa shape index (κ3) is 3.14. The van der Waals surface area contributed by atoms with E-state index in [9.17, 15) is 4.79 Å². The second kappa shape index (κ2) is 5.72. The Kier molecular flexibility index (Phi) is 4.22. The summed E-state index contributed by atoms with van der Waals surface area (Å²) < 4.78 is 5.92. The van der Waals surface area contributed by atoms with E-state index in [1.54, 1.807) is 7.05 Å². The highest BCUT2D eigenvalue weighted by Crippen LogP contribution is 2.30. The van der Waals surface area contributed by atoms with Crippen LogP contribution in [0.2, 0.25) is 0 Å². The molecule has 0 spiro atoms. The Morgan fingerprint density at radius 1 is 1.42 bits per heavy atom. The number of carbonyl (C=O) groups excluding carboxylic acids is 1. The molecule has 1 saturated heterocycles. The van der Waals surface area contributed by atoms with E-state index in [1.807, 2.05) is 49.1 Å². The van der Waals surface area contributed by atoms with Gasteiger partial charge in [-0.1, -0.05) is 30.3 Å². The summed E-state index contributed by atoms with van der Waals surface area (Å²) in [5.74, 6) is 0.122. The lowest BCUT2D eigenvalue weighted by Gasteiger charge is -2.45. The first kappa shape index (κ1) is 14.0. The minimum Gasteiger partial charge on any atom is -0.369 e. The van der Waals surface area contributed by atoms with Gasteiger partial charge in [0.05, 0.1) is 25.2 Å². The molecule has 1 fully saturated rings. The van der Waals surface area contributed by atoms with Gasteiger partial charge in [-0.3, -0.25) is 4.79 Å². The van der Waals surface area contributed by atoms with Crippen molar-refractivity contribution in [3.05, 3.63) is 35.9 Å². The first-order chi connectivity index (χ1) is 9.04. The van der Waals surface area contributed by atoms with Gasteiger partial charge in [-0.15, -0.1) is 0 Å². The van der Waals surface area contributed by atoms with Crippen LogP contribution in [0.25, 0.3) is 0 Å². The summed E-state index contributed by atoms with van der Waals surface area (Å²) in [6.07, 6.45) is -0.0324. The molecule has 1 atom stereocenters. The number of nitrogens with zero attached hydrogens (tertiary/aromatic N) is 1. The van der Waals surface area contributed by atoms with Crippen molar-refractivity contribution in [2.24, 2.45) is 0 Å². The topological polar surface area (TPSA) is 41.6 Å². The average molecular weight is 262 g/mol. The Bertz CT molecular complexity index is 431. The van der Waals surface area contributed by atoms with Crippen LogP contribution < -0.4 is 5.32 Å². The largest absolute Gasteiger partial charge is 0.369 e. The van der Waals surface area contributed by atoms with Gasteiger partial charge < -0.3 is 15.0 Å². The van der Waals surface area contributed by atoms with Crippen molar-refractivity contribution >= 4 is 5.91 Å². The fraction of sp³-hybridized carbons (Fsp3) is 0.533. The zero-order valence-electron chi connectivity index (χ0n) is 11.8. The van der Waals surface area contributed by atoms with Gasteiger partial charge in [0.15, 0.2) is 0 Å². The van der Waals surface area contributed by atoms with Crippen molar-refractivity contribution in [2.75, 3.05) is 26.7 Å². The predicted molar refractivity (Wildman–Crippen MR) is 74.9 cm³/mol. The Balaban J connectivity index is 2.14. The van der Waals surface area contributed by atoms with Gasteiger partial charge in [-0.25, -0.2) is 0 Å². The number of rotatable bonds is 3. The number of hydrogen-bond acceptors (Lipinski definition) is 3. The van der Waals surface area contributed by atoms with Crippen molar-refractivity contribution in [1.82, 2.24) is 10.2 Å². The van der Waals surface area contributed by atoms with Crippen LogP contribution in [0.1, 0.15) is 25.5 Å². The summed E-state index contributed by atoms with van der Waals surface area (Å²) in [5.41, 5.74) is 0.874. The highest BCUT2D eigenvalue weighted by molar-refractivity contribution is 5.79. The van der Waals surface area contributed by atoms with Gasteiger partial charge in [-0.05, 0) is 26.5 Å². The number of morpholine rings is 1. The van der Waals surface area contributed by atoms with Crippen LogP contribution in [0, 0.1) is 0 Å². The molecule has 1 aromatic carbocycles. The molecule has 0 bridgehead atoms. The number of benzene rings is 1. The molecule has 1 heterocycles. The van der Waals surface area contributed by atoms with Crippen molar-refractivity contribution in [2.45, 2.75) is 25.5 Å². The van der Waals surface area contributed by atoms with E-state index in [0.29, 0.717) is 19.7 Å². The molecule has 4 nitrogen and oxygen atoms in total. The van der Waals surface area contributed by atoms with E-state index in [1.165, 1.54) is 0 Å². The van der Waals surface area contributed by atoms with Gasteiger partial charge in [0.2, 0.25) is 5.91 Å². The van der Waals surface area contributed by atoms with Gasteiger partial charge in [0.1, 0.15) is 6.10 Å². The number of likely N-dealkylation sites (N-methyl/N-ethyl adjacent to an activating group) is 1. The molecule has 0 saturated carbocycles. The first-order valence-corrected chi connectivity index (χ1v) is 6.66. The number of amides is 1. The highest BCUT2D eigenvalue weighted by Gasteiger charge is 2.38.